The Morgan fingerprint density at radius 3 is 2.79 bits per heavy atom. The molecule has 0 saturated heterocycles. The van der Waals surface area contributed by atoms with Crippen LogP contribution in [0.1, 0.15) is 64.7 Å². The van der Waals surface area contributed by atoms with Gasteiger partial charge in [-0.3, -0.25) is 4.79 Å². The number of hydrogen-bond acceptors (Lipinski definition) is 4. The lowest BCUT2D eigenvalue weighted by molar-refractivity contribution is -0.147. The van der Waals surface area contributed by atoms with Gasteiger partial charge in [0.1, 0.15) is 6.10 Å². The van der Waals surface area contributed by atoms with E-state index in [1.54, 1.807) is 0 Å². The number of aliphatic hydroxyl groups is 2. The van der Waals surface area contributed by atoms with Crippen molar-refractivity contribution in [2.45, 2.75) is 83.0 Å². The minimum Gasteiger partial charge on any atom is -0.458 e. The zero-order valence-electron chi connectivity index (χ0n) is 14.8. The van der Waals surface area contributed by atoms with Crippen LogP contribution in [0, 0.1) is 11.8 Å². The maximum absolute atomic E-state index is 12.0. The summed E-state index contributed by atoms with van der Waals surface area (Å²) in [6.07, 6.45) is 14.2. The molecule has 1 fully saturated rings. The molecule has 0 bridgehead atoms. The third-order valence-corrected chi connectivity index (χ3v) is 5.17. The summed E-state index contributed by atoms with van der Waals surface area (Å²) in [6.45, 7) is 2.15. The Balaban J connectivity index is 2.10. The molecule has 1 aliphatic carbocycles. The van der Waals surface area contributed by atoms with Gasteiger partial charge in [0.15, 0.2) is 0 Å². The van der Waals surface area contributed by atoms with Crippen molar-refractivity contribution in [3.63, 3.8) is 0 Å². The molecular formula is C20H32O4. The summed E-state index contributed by atoms with van der Waals surface area (Å²) >= 11 is 0. The number of cyclic esters (lactones) is 1. The summed E-state index contributed by atoms with van der Waals surface area (Å²) in [5.74, 6) is -0.171. The lowest BCUT2D eigenvalue weighted by Gasteiger charge is -2.20. The van der Waals surface area contributed by atoms with E-state index in [1.807, 2.05) is 12.2 Å². The molecule has 0 aromatic heterocycles. The molecule has 24 heavy (non-hydrogen) atoms. The molecule has 136 valence electrons. The van der Waals surface area contributed by atoms with Crippen LogP contribution in [0.5, 0.6) is 0 Å². The molecule has 2 rings (SSSR count). The van der Waals surface area contributed by atoms with E-state index in [0.29, 0.717) is 12.8 Å². The highest BCUT2D eigenvalue weighted by Crippen LogP contribution is 2.36. The molecule has 1 aliphatic heterocycles. The number of carbonyl (C=O) groups is 1. The van der Waals surface area contributed by atoms with Gasteiger partial charge in [0, 0.05) is 18.8 Å². The molecule has 0 aromatic rings. The molecule has 4 heteroatoms. The van der Waals surface area contributed by atoms with E-state index in [2.05, 4.69) is 19.1 Å². The highest BCUT2D eigenvalue weighted by atomic mass is 16.5. The largest absolute Gasteiger partial charge is 0.458 e. The van der Waals surface area contributed by atoms with Crippen LogP contribution in [0.4, 0.5) is 0 Å². The van der Waals surface area contributed by atoms with Gasteiger partial charge in [-0.2, -0.15) is 0 Å². The molecule has 0 spiro atoms. The number of rotatable bonds is 4. The second-order valence-electron chi connectivity index (χ2n) is 7.12. The first-order valence-electron chi connectivity index (χ1n) is 9.50. The second-order valence-corrected chi connectivity index (χ2v) is 7.12. The maximum atomic E-state index is 12.0. The molecule has 0 radical (unpaired) electrons. The van der Waals surface area contributed by atoms with Crippen LogP contribution in [-0.4, -0.2) is 34.5 Å². The van der Waals surface area contributed by atoms with Gasteiger partial charge in [-0.25, -0.2) is 0 Å². The van der Waals surface area contributed by atoms with Gasteiger partial charge in [-0.15, -0.1) is 0 Å². The van der Waals surface area contributed by atoms with Gasteiger partial charge in [0.05, 0.1) is 12.2 Å². The van der Waals surface area contributed by atoms with E-state index >= 15 is 0 Å². The average Bonchev–Trinajstić information content (AvgIpc) is 2.81. The number of carbonyl (C=O) groups excluding carboxylic acids is 1. The first-order chi connectivity index (χ1) is 11.6. The number of allylic oxidation sites excluding steroid dienone is 2. The molecule has 2 N–H and O–H groups in total. The van der Waals surface area contributed by atoms with Gasteiger partial charge in [-0.1, -0.05) is 38.0 Å². The standard InChI is InChI=1S/C20H32O4/c1-2-3-6-9-15-12-13-17-16(18(21)14-19(17)22)10-7-4-5-8-11-20(23)24-15/h4,7,12-13,15-19,21-22H,2-3,5-6,8-11,14H2,1H3/t15-,16+,17+,18-,19+/m0/s1. The summed E-state index contributed by atoms with van der Waals surface area (Å²) < 4.78 is 5.63. The van der Waals surface area contributed by atoms with E-state index < -0.39 is 12.2 Å². The van der Waals surface area contributed by atoms with Crippen molar-refractivity contribution in [3.05, 3.63) is 24.3 Å². The highest BCUT2D eigenvalue weighted by molar-refractivity contribution is 5.69. The van der Waals surface area contributed by atoms with Crippen LogP contribution in [0.2, 0.25) is 0 Å². The maximum Gasteiger partial charge on any atom is 0.306 e. The van der Waals surface area contributed by atoms with Gasteiger partial charge >= 0.3 is 5.97 Å². The fourth-order valence-corrected chi connectivity index (χ4v) is 3.71. The van der Waals surface area contributed by atoms with Crippen molar-refractivity contribution in [1.82, 2.24) is 0 Å². The van der Waals surface area contributed by atoms with E-state index in [0.717, 1.165) is 44.9 Å². The predicted molar refractivity (Wildman–Crippen MR) is 94.4 cm³/mol. The smallest absolute Gasteiger partial charge is 0.306 e. The third kappa shape index (κ3) is 5.75. The van der Waals surface area contributed by atoms with Crippen LogP contribution in [0.3, 0.4) is 0 Å². The quantitative estimate of drug-likeness (QED) is 0.468. The van der Waals surface area contributed by atoms with Crippen molar-refractivity contribution in [1.29, 1.82) is 0 Å². The van der Waals surface area contributed by atoms with Crippen LogP contribution in [0.25, 0.3) is 0 Å². The number of fused-ring (bicyclic) bond motifs is 1. The normalized spacial score (nSPS) is 34.8. The van der Waals surface area contributed by atoms with E-state index in [1.165, 1.54) is 0 Å². The summed E-state index contributed by atoms with van der Waals surface area (Å²) in [5.41, 5.74) is 0. The zero-order valence-corrected chi connectivity index (χ0v) is 14.8. The molecular weight excluding hydrogens is 304 g/mol. The lowest BCUT2D eigenvalue weighted by Crippen LogP contribution is -2.21. The Bertz CT molecular complexity index is 443. The molecule has 0 aromatic carbocycles. The number of esters is 1. The Morgan fingerprint density at radius 2 is 2.00 bits per heavy atom. The molecule has 1 heterocycles. The molecule has 2 aliphatic rings. The van der Waals surface area contributed by atoms with Gasteiger partial charge < -0.3 is 14.9 Å². The molecule has 4 nitrogen and oxygen atoms in total. The van der Waals surface area contributed by atoms with Crippen molar-refractivity contribution in [2.24, 2.45) is 11.8 Å². The van der Waals surface area contributed by atoms with Gasteiger partial charge in [0.2, 0.25) is 0 Å². The van der Waals surface area contributed by atoms with Crippen LogP contribution in [0.15, 0.2) is 24.3 Å². The minimum absolute atomic E-state index is 0.0419. The molecule has 0 amide bonds. The van der Waals surface area contributed by atoms with E-state index in [9.17, 15) is 15.0 Å². The minimum atomic E-state index is -0.522. The van der Waals surface area contributed by atoms with Crippen molar-refractivity contribution >= 4 is 5.97 Å². The van der Waals surface area contributed by atoms with Crippen molar-refractivity contribution < 1.29 is 19.7 Å². The van der Waals surface area contributed by atoms with E-state index in [-0.39, 0.29) is 23.9 Å². The number of unbranched alkanes of at least 4 members (excludes halogenated alkanes) is 2. The Kier molecular flexibility index (Phi) is 8.00. The lowest BCUT2D eigenvalue weighted by atomic mass is 9.89. The third-order valence-electron chi connectivity index (χ3n) is 5.17. The average molecular weight is 336 g/mol. The number of hydrogen-bond donors (Lipinski definition) is 2. The fraction of sp³-hybridized carbons (Fsp3) is 0.750. The summed E-state index contributed by atoms with van der Waals surface area (Å²) in [5, 5.41) is 20.5. The summed E-state index contributed by atoms with van der Waals surface area (Å²) in [6, 6.07) is 0. The van der Waals surface area contributed by atoms with Crippen LogP contribution >= 0.6 is 0 Å². The predicted octanol–water partition coefficient (Wildman–Crippen LogP) is 3.52. The summed E-state index contributed by atoms with van der Waals surface area (Å²) in [7, 11) is 0. The highest BCUT2D eigenvalue weighted by Gasteiger charge is 2.39. The van der Waals surface area contributed by atoms with Crippen molar-refractivity contribution in [3.8, 4) is 0 Å². The Morgan fingerprint density at radius 1 is 1.17 bits per heavy atom. The van der Waals surface area contributed by atoms with Crippen LogP contribution < -0.4 is 0 Å². The second kappa shape index (κ2) is 10.00. The topological polar surface area (TPSA) is 66.8 Å². The van der Waals surface area contributed by atoms with Gasteiger partial charge in [-0.05, 0) is 44.1 Å². The Labute approximate surface area is 145 Å². The monoisotopic (exact) mass is 336 g/mol. The zero-order chi connectivity index (χ0) is 17.4. The van der Waals surface area contributed by atoms with Crippen LogP contribution in [-0.2, 0) is 9.53 Å². The number of aliphatic hydroxyl groups excluding tert-OH is 2. The van der Waals surface area contributed by atoms with Gasteiger partial charge in [0.25, 0.3) is 0 Å². The van der Waals surface area contributed by atoms with Crippen molar-refractivity contribution in [2.75, 3.05) is 0 Å². The number of ether oxygens (including phenoxy) is 1. The first kappa shape index (κ1) is 19.2. The van der Waals surface area contributed by atoms with E-state index in [4.69, 9.17) is 4.74 Å². The SMILES string of the molecule is CCCCC[C@H]1C=C[C@@H]2[C@@H](CC=CCCCC(=O)O1)[C@@H](O)C[C@H]2O. The Hall–Kier alpha value is -1.13. The summed E-state index contributed by atoms with van der Waals surface area (Å²) in [4.78, 5) is 12.0. The first-order valence-corrected chi connectivity index (χ1v) is 9.50. The molecule has 1 saturated carbocycles. The fourth-order valence-electron chi connectivity index (χ4n) is 3.71. The molecule has 5 atom stereocenters. The molecule has 0 unspecified atom stereocenters.